The van der Waals surface area contributed by atoms with Gasteiger partial charge in [-0.2, -0.15) is 0 Å². The molecule has 0 radical (unpaired) electrons. The maximum atomic E-state index is 14.0. The Balaban J connectivity index is 1.05. The minimum absolute atomic E-state index is 0.0181. The molecular formula is C48H56N2O9. The summed E-state index contributed by atoms with van der Waals surface area (Å²) >= 11 is 0. The molecule has 3 aliphatic carbocycles. The SMILES string of the molecule is C[C@H](O)[C@@H](NC(=O)C1=C[C@H]2OC(c3ccccc3)(c3ccccc3)O[C@H]2[C@H](OC(=O)c2ccc(C=C3CCC4O[C@]4(C)CC[C@@H]4[C@@H]3CC4(C)C)cc2)C1)C(=O)NCCO. The van der Waals surface area contributed by atoms with Crippen molar-refractivity contribution in [3.63, 3.8) is 0 Å². The third-order valence-electron chi connectivity index (χ3n) is 13.3. The molecule has 0 aromatic heterocycles. The lowest BCUT2D eigenvalue weighted by molar-refractivity contribution is -0.157. The molecule has 11 heteroatoms. The van der Waals surface area contributed by atoms with Gasteiger partial charge in [-0.3, -0.25) is 9.59 Å². The number of fused-ring (bicyclic) bond motifs is 3. The number of epoxide rings is 1. The molecule has 4 N–H and O–H groups in total. The molecular weight excluding hydrogens is 749 g/mol. The largest absolute Gasteiger partial charge is 0.456 e. The monoisotopic (exact) mass is 804 g/mol. The van der Waals surface area contributed by atoms with Crippen molar-refractivity contribution in [2.75, 3.05) is 13.2 Å². The first-order chi connectivity index (χ1) is 28.3. The first-order valence-electron chi connectivity index (χ1n) is 21.0. The molecule has 1 unspecified atom stereocenters. The summed E-state index contributed by atoms with van der Waals surface area (Å²) in [6, 6.07) is 25.1. The molecule has 5 aliphatic rings. The van der Waals surface area contributed by atoms with Crippen molar-refractivity contribution in [3.8, 4) is 0 Å². The molecule has 4 fully saturated rings. The molecule has 2 saturated carbocycles. The molecule has 11 nitrogen and oxygen atoms in total. The predicted octanol–water partition coefficient (Wildman–Crippen LogP) is 5.98. The van der Waals surface area contributed by atoms with Crippen LogP contribution in [0.4, 0.5) is 0 Å². The first-order valence-corrected chi connectivity index (χ1v) is 21.0. The number of allylic oxidation sites excluding steroid dienone is 1. The topological polar surface area (TPSA) is 156 Å². The Labute approximate surface area is 346 Å². The summed E-state index contributed by atoms with van der Waals surface area (Å²) in [6.07, 6.45) is 5.85. The average Bonchev–Trinajstić information content (AvgIpc) is 3.68. The second kappa shape index (κ2) is 16.4. The van der Waals surface area contributed by atoms with Gasteiger partial charge in [0.15, 0.2) is 0 Å². The number of nitrogens with one attached hydrogen (secondary N) is 2. The highest BCUT2D eigenvalue weighted by atomic mass is 16.8. The zero-order valence-corrected chi connectivity index (χ0v) is 34.3. The molecule has 3 aromatic carbocycles. The number of carbonyl (C=O) groups excluding carboxylic acids is 3. The average molecular weight is 805 g/mol. The molecule has 9 atom stereocenters. The Morgan fingerprint density at radius 3 is 2.22 bits per heavy atom. The van der Waals surface area contributed by atoms with E-state index in [0.29, 0.717) is 28.9 Å². The highest BCUT2D eigenvalue weighted by Crippen LogP contribution is 2.60. The van der Waals surface area contributed by atoms with Crippen molar-refractivity contribution >= 4 is 23.9 Å². The van der Waals surface area contributed by atoms with Crippen molar-refractivity contribution in [3.05, 3.63) is 124 Å². The van der Waals surface area contributed by atoms with Crippen LogP contribution >= 0.6 is 0 Å². The van der Waals surface area contributed by atoms with Crippen LogP contribution in [0.1, 0.15) is 93.3 Å². The Kier molecular flexibility index (Phi) is 11.4. The molecule has 8 rings (SSSR count). The molecule has 312 valence electrons. The van der Waals surface area contributed by atoms with Gasteiger partial charge >= 0.3 is 5.97 Å². The number of aliphatic hydroxyl groups is 2. The van der Waals surface area contributed by atoms with E-state index in [-0.39, 0.29) is 30.7 Å². The highest BCUT2D eigenvalue weighted by molar-refractivity contribution is 5.97. The third-order valence-corrected chi connectivity index (χ3v) is 13.3. The summed E-state index contributed by atoms with van der Waals surface area (Å²) in [4.78, 5) is 40.8. The van der Waals surface area contributed by atoms with Crippen molar-refractivity contribution in [2.24, 2.45) is 17.3 Å². The number of aliphatic hydroxyl groups excluding tert-OH is 2. The first kappa shape index (κ1) is 41.1. The summed E-state index contributed by atoms with van der Waals surface area (Å²) in [7, 11) is 0. The Bertz CT molecular complexity index is 2040. The van der Waals surface area contributed by atoms with Crippen molar-refractivity contribution in [2.45, 2.75) is 114 Å². The second-order valence-electron chi connectivity index (χ2n) is 17.8. The summed E-state index contributed by atoms with van der Waals surface area (Å²) in [5.74, 6) is -2.07. The van der Waals surface area contributed by atoms with Gasteiger partial charge in [0.05, 0.1) is 30.0 Å². The van der Waals surface area contributed by atoms with Crippen molar-refractivity contribution < 1.29 is 43.5 Å². The van der Waals surface area contributed by atoms with Gasteiger partial charge in [0.1, 0.15) is 24.4 Å². The maximum Gasteiger partial charge on any atom is 0.338 e. The molecule has 2 saturated heterocycles. The van der Waals surface area contributed by atoms with Crippen LogP contribution in [0.3, 0.4) is 0 Å². The van der Waals surface area contributed by atoms with Crippen molar-refractivity contribution in [1.82, 2.24) is 10.6 Å². The Morgan fingerprint density at radius 2 is 1.59 bits per heavy atom. The summed E-state index contributed by atoms with van der Waals surface area (Å²) in [5.41, 5.74) is 4.81. The number of amides is 2. The summed E-state index contributed by atoms with van der Waals surface area (Å²) in [6.45, 7) is 8.08. The fraction of sp³-hybridized carbons (Fsp3) is 0.479. The lowest BCUT2D eigenvalue weighted by atomic mass is 9.52. The molecule has 0 spiro atoms. The van der Waals surface area contributed by atoms with Crippen LogP contribution in [0, 0.1) is 17.3 Å². The van der Waals surface area contributed by atoms with Gasteiger partial charge in [0.2, 0.25) is 17.6 Å². The minimum Gasteiger partial charge on any atom is -0.456 e. The lowest BCUT2D eigenvalue weighted by Crippen LogP contribution is -2.54. The highest BCUT2D eigenvalue weighted by Gasteiger charge is 2.57. The van der Waals surface area contributed by atoms with Gasteiger partial charge < -0.3 is 39.8 Å². The zero-order valence-electron chi connectivity index (χ0n) is 34.3. The Morgan fingerprint density at radius 1 is 0.915 bits per heavy atom. The summed E-state index contributed by atoms with van der Waals surface area (Å²) in [5, 5.41) is 24.8. The fourth-order valence-electron chi connectivity index (χ4n) is 9.86. The van der Waals surface area contributed by atoms with Crippen molar-refractivity contribution in [1.29, 1.82) is 0 Å². The predicted molar refractivity (Wildman–Crippen MR) is 221 cm³/mol. The van der Waals surface area contributed by atoms with Gasteiger partial charge in [-0.1, -0.05) is 98.3 Å². The van der Waals surface area contributed by atoms with Gasteiger partial charge in [-0.15, -0.1) is 0 Å². The number of ether oxygens (including phenoxy) is 4. The molecule has 2 aliphatic heterocycles. The van der Waals surface area contributed by atoms with E-state index in [0.717, 1.165) is 36.0 Å². The standard InChI is InChI=1S/C48H56N2O9/c1-29(52)41(44(54)49-23-24-51)50-43(53)33-26-38(42-39(27-33)57-48(59-42,34-11-7-5-8-12-34)35-13-9-6-10-14-35)56-45(55)31-17-15-30(16-18-31)25-32-19-20-40-47(4,58-40)22-21-37-36(32)28-46(37,2)3/h5-18,25,27,29,36-42,51-52H,19-24,26,28H2,1-4H3,(H,49,54)(H,50,53)/t29-,36+,37+,38+,39+,40?,41+,42-,47+/m0/s1. The van der Waals surface area contributed by atoms with E-state index in [1.807, 2.05) is 72.8 Å². The number of esters is 1. The molecule has 2 amide bonds. The van der Waals surface area contributed by atoms with Gasteiger partial charge in [-0.05, 0) is 87.0 Å². The smallest absolute Gasteiger partial charge is 0.338 e. The Hall–Kier alpha value is -4.65. The fourth-order valence-corrected chi connectivity index (χ4v) is 9.86. The van der Waals surface area contributed by atoms with Gasteiger partial charge in [0.25, 0.3) is 0 Å². The van der Waals surface area contributed by atoms with E-state index in [4.69, 9.17) is 18.9 Å². The van der Waals surface area contributed by atoms with E-state index in [9.17, 15) is 24.6 Å². The molecule has 2 heterocycles. The van der Waals surface area contributed by atoms with E-state index in [1.165, 1.54) is 25.3 Å². The normalized spacial score (nSPS) is 30.6. The van der Waals surface area contributed by atoms with Crippen LogP contribution in [0.5, 0.6) is 0 Å². The van der Waals surface area contributed by atoms with E-state index in [2.05, 4.69) is 37.5 Å². The number of hydrogen-bond acceptors (Lipinski definition) is 9. The molecule has 59 heavy (non-hydrogen) atoms. The zero-order chi connectivity index (χ0) is 41.5. The second-order valence-corrected chi connectivity index (χ2v) is 17.8. The van der Waals surface area contributed by atoms with Gasteiger partial charge in [0, 0.05) is 29.7 Å². The van der Waals surface area contributed by atoms with E-state index < -0.39 is 54.0 Å². The quantitative estimate of drug-likeness (QED) is 0.135. The summed E-state index contributed by atoms with van der Waals surface area (Å²) < 4.78 is 26.1. The number of hydrogen-bond donors (Lipinski definition) is 4. The van der Waals surface area contributed by atoms with E-state index in [1.54, 1.807) is 18.2 Å². The van der Waals surface area contributed by atoms with E-state index >= 15 is 0 Å². The van der Waals surface area contributed by atoms with Gasteiger partial charge in [-0.25, -0.2) is 4.79 Å². The third kappa shape index (κ3) is 8.28. The van der Waals surface area contributed by atoms with Crippen LogP contribution < -0.4 is 10.6 Å². The minimum atomic E-state index is -1.39. The van der Waals surface area contributed by atoms with Crippen LogP contribution in [-0.4, -0.2) is 83.3 Å². The van der Waals surface area contributed by atoms with Crippen LogP contribution in [0.2, 0.25) is 0 Å². The van der Waals surface area contributed by atoms with Crippen LogP contribution in [0.25, 0.3) is 6.08 Å². The van der Waals surface area contributed by atoms with Crippen LogP contribution in [0.15, 0.2) is 102 Å². The number of carbonyl (C=O) groups is 3. The molecule has 0 bridgehead atoms. The lowest BCUT2D eigenvalue weighted by Gasteiger charge is -2.53. The molecule has 3 aromatic rings. The maximum absolute atomic E-state index is 14.0. The number of benzene rings is 3. The number of rotatable bonds is 11. The van der Waals surface area contributed by atoms with Crippen LogP contribution in [-0.2, 0) is 34.3 Å².